The second-order valence-electron chi connectivity index (χ2n) is 5.75. The van der Waals surface area contributed by atoms with E-state index in [2.05, 4.69) is 10.4 Å². The molecule has 1 aromatic heterocycles. The third-order valence-electron chi connectivity index (χ3n) is 4.09. The summed E-state index contributed by atoms with van der Waals surface area (Å²) in [6.07, 6.45) is 3.89. The molecule has 3 aromatic rings. The Kier molecular flexibility index (Phi) is 5.76. The highest BCUT2D eigenvalue weighted by Gasteiger charge is 2.11. The van der Waals surface area contributed by atoms with Crippen molar-refractivity contribution < 1.29 is 14.2 Å². The lowest BCUT2D eigenvalue weighted by Crippen LogP contribution is -2.13. The van der Waals surface area contributed by atoms with Gasteiger partial charge in [-0.15, -0.1) is 0 Å². The molecule has 0 amide bonds. The number of hydrogen-bond acceptors (Lipinski definition) is 5. The number of para-hydroxylation sites is 1. The highest BCUT2D eigenvalue weighted by molar-refractivity contribution is 5.50. The molecule has 0 saturated heterocycles. The average molecular weight is 353 g/mol. The van der Waals surface area contributed by atoms with Gasteiger partial charge < -0.3 is 19.5 Å². The van der Waals surface area contributed by atoms with Crippen molar-refractivity contribution in [1.29, 1.82) is 0 Å². The molecule has 1 N–H and O–H groups in total. The van der Waals surface area contributed by atoms with Crippen LogP contribution in [-0.2, 0) is 13.1 Å². The lowest BCUT2D eigenvalue weighted by molar-refractivity contribution is 0.347. The molecule has 0 radical (unpaired) electrons. The second-order valence-corrected chi connectivity index (χ2v) is 5.75. The summed E-state index contributed by atoms with van der Waals surface area (Å²) in [5.74, 6) is 2.09. The molecule has 6 nitrogen and oxygen atoms in total. The van der Waals surface area contributed by atoms with E-state index >= 15 is 0 Å². The number of aromatic nitrogens is 2. The predicted octanol–water partition coefficient (Wildman–Crippen LogP) is 3.19. The zero-order chi connectivity index (χ0) is 18.4. The van der Waals surface area contributed by atoms with Crippen molar-refractivity contribution in [3.63, 3.8) is 0 Å². The van der Waals surface area contributed by atoms with E-state index in [1.54, 1.807) is 21.3 Å². The van der Waals surface area contributed by atoms with Crippen molar-refractivity contribution in [1.82, 2.24) is 15.1 Å². The van der Waals surface area contributed by atoms with Crippen LogP contribution in [0.2, 0.25) is 0 Å². The van der Waals surface area contributed by atoms with Crippen LogP contribution in [0.1, 0.15) is 11.1 Å². The van der Waals surface area contributed by atoms with Crippen LogP contribution in [0.25, 0.3) is 5.69 Å². The third-order valence-corrected chi connectivity index (χ3v) is 4.09. The first-order valence-electron chi connectivity index (χ1n) is 8.33. The van der Waals surface area contributed by atoms with Crippen molar-refractivity contribution in [3.8, 4) is 22.9 Å². The maximum Gasteiger partial charge on any atom is 0.164 e. The van der Waals surface area contributed by atoms with Crippen LogP contribution in [0.3, 0.4) is 0 Å². The zero-order valence-corrected chi connectivity index (χ0v) is 15.2. The molecule has 0 saturated carbocycles. The van der Waals surface area contributed by atoms with Gasteiger partial charge in [-0.3, -0.25) is 0 Å². The summed E-state index contributed by atoms with van der Waals surface area (Å²) >= 11 is 0. The first kappa shape index (κ1) is 17.8. The van der Waals surface area contributed by atoms with Gasteiger partial charge >= 0.3 is 0 Å². The van der Waals surface area contributed by atoms with Gasteiger partial charge in [-0.05, 0) is 18.2 Å². The Balaban J connectivity index is 1.66. The van der Waals surface area contributed by atoms with Crippen LogP contribution >= 0.6 is 0 Å². The van der Waals surface area contributed by atoms with E-state index < -0.39 is 0 Å². The number of methoxy groups -OCH3 is 3. The molecule has 3 rings (SSSR count). The molecule has 0 aliphatic rings. The smallest absolute Gasteiger partial charge is 0.164 e. The third kappa shape index (κ3) is 3.97. The van der Waals surface area contributed by atoms with Crippen LogP contribution in [0, 0.1) is 0 Å². The number of nitrogens with zero attached hydrogens (tertiary/aromatic N) is 2. The fraction of sp³-hybridized carbons (Fsp3) is 0.250. The molecule has 0 aliphatic heterocycles. The second kappa shape index (κ2) is 8.40. The van der Waals surface area contributed by atoms with Gasteiger partial charge in [-0.1, -0.05) is 18.2 Å². The van der Waals surface area contributed by atoms with Gasteiger partial charge in [0.2, 0.25) is 0 Å². The topological polar surface area (TPSA) is 57.5 Å². The monoisotopic (exact) mass is 353 g/mol. The van der Waals surface area contributed by atoms with Crippen LogP contribution in [0.4, 0.5) is 0 Å². The number of hydrogen-bond donors (Lipinski definition) is 1. The summed E-state index contributed by atoms with van der Waals surface area (Å²) in [6.45, 7) is 1.34. The molecule has 0 unspecified atom stereocenters. The zero-order valence-electron chi connectivity index (χ0n) is 15.2. The van der Waals surface area contributed by atoms with Gasteiger partial charge in [0.15, 0.2) is 11.5 Å². The van der Waals surface area contributed by atoms with Gasteiger partial charge in [-0.2, -0.15) is 5.10 Å². The van der Waals surface area contributed by atoms with Gasteiger partial charge in [0.1, 0.15) is 5.75 Å². The summed E-state index contributed by atoms with van der Waals surface area (Å²) < 4.78 is 18.0. The Bertz CT molecular complexity index is 847. The lowest BCUT2D eigenvalue weighted by Gasteiger charge is -2.14. The Morgan fingerprint density at radius 3 is 2.27 bits per heavy atom. The van der Waals surface area contributed by atoms with E-state index in [-0.39, 0.29) is 0 Å². The molecule has 0 aliphatic carbocycles. The first-order chi connectivity index (χ1) is 12.7. The molecule has 0 bridgehead atoms. The molecule has 2 aromatic carbocycles. The Morgan fingerprint density at radius 1 is 0.885 bits per heavy atom. The fourth-order valence-electron chi connectivity index (χ4n) is 2.75. The summed E-state index contributed by atoms with van der Waals surface area (Å²) in [5, 5.41) is 7.83. The fourth-order valence-corrected chi connectivity index (χ4v) is 2.75. The molecule has 6 heteroatoms. The lowest BCUT2D eigenvalue weighted by atomic mass is 10.1. The molecular weight excluding hydrogens is 330 g/mol. The minimum absolute atomic E-state index is 0.639. The minimum atomic E-state index is 0.639. The Morgan fingerprint density at radius 2 is 1.58 bits per heavy atom. The average Bonchev–Trinajstić information content (AvgIpc) is 3.17. The minimum Gasteiger partial charge on any atom is -0.496 e. The number of ether oxygens (including phenoxy) is 3. The molecule has 0 atom stereocenters. The highest BCUT2D eigenvalue weighted by atomic mass is 16.5. The van der Waals surface area contributed by atoms with Crippen molar-refractivity contribution >= 4 is 0 Å². The largest absolute Gasteiger partial charge is 0.496 e. The van der Waals surface area contributed by atoms with Gasteiger partial charge in [0.25, 0.3) is 0 Å². The van der Waals surface area contributed by atoms with Crippen molar-refractivity contribution in [3.05, 3.63) is 66.0 Å². The molecule has 136 valence electrons. The van der Waals surface area contributed by atoms with E-state index in [0.717, 1.165) is 22.6 Å². The van der Waals surface area contributed by atoms with Crippen molar-refractivity contribution in [2.75, 3.05) is 21.3 Å². The summed E-state index contributed by atoms with van der Waals surface area (Å²) in [7, 11) is 4.88. The number of benzene rings is 2. The summed E-state index contributed by atoms with van der Waals surface area (Å²) in [4.78, 5) is 0. The molecule has 1 heterocycles. The molecule has 26 heavy (non-hydrogen) atoms. The first-order valence-corrected chi connectivity index (χ1v) is 8.33. The Hall–Kier alpha value is -2.99. The van der Waals surface area contributed by atoms with Crippen molar-refractivity contribution in [2.45, 2.75) is 13.1 Å². The van der Waals surface area contributed by atoms with Gasteiger partial charge in [-0.25, -0.2) is 4.68 Å². The highest BCUT2D eigenvalue weighted by Crippen LogP contribution is 2.34. The standard InChI is InChI=1S/C20H23N3O3/c1-24-18-10-20(26-3)19(25-2)9-16(18)13-21-11-15-12-22-23(14-15)17-7-5-4-6-8-17/h4-10,12,14,21H,11,13H2,1-3H3. The normalized spacial score (nSPS) is 10.6. The van der Waals surface area contributed by atoms with Crippen LogP contribution in [-0.4, -0.2) is 31.1 Å². The van der Waals surface area contributed by atoms with E-state index in [0.29, 0.717) is 24.6 Å². The summed E-state index contributed by atoms with van der Waals surface area (Å²) in [6, 6.07) is 13.8. The van der Waals surface area contributed by atoms with E-state index in [1.807, 2.05) is 59.5 Å². The SMILES string of the molecule is COc1cc(OC)c(OC)cc1CNCc1cnn(-c2ccccc2)c1. The van der Waals surface area contributed by atoms with E-state index in [4.69, 9.17) is 14.2 Å². The molecule has 0 fully saturated rings. The summed E-state index contributed by atoms with van der Waals surface area (Å²) in [5.41, 5.74) is 3.15. The number of rotatable bonds is 8. The van der Waals surface area contributed by atoms with Crippen molar-refractivity contribution in [2.24, 2.45) is 0 Å². The van der Waals surface area contributed by atoms with E-state index in [1.165, 1.54) is 0 Å². The maximum atomic E-state index is 5.46. The Labute approximate surface area is 153 Å². The number of nitrogens with one attached hydrogen (secondary N) is 1. The predicted molar refractivity (Wildman–Crippen MR) is 100 cm³/mol. The quantitative estimate of drug-likeness (QED) is 0.674. The van der Waals surface area contributed by atoms with Crippen LogP contribution in [0.15, 0.2) is 54.9 Å². The van der Waals surface area contributed by atoms with E-state index in [9.17, 15) is 0 Å². The maximum absolute atomic E-state index is 5.46. The molecule has 0 spiro atoms. The van der Waals surface area contributed by atoms with Gasteiger partial charge in [0, 0.05) is 36.5 Å². The van der Waals surface area contributed by atoms with Crippen LogP contribution < -0.4 is 19.5 Å². The molecular formula is C20H23N3O3. The van der Waals surface area contributed by atoms with Crippen LogP contribution in [0.5, 0.6) is 17.2 Å². The van der Waals surface area contributed by atoms with Gasteiger partial charge in [0.05, 0.1) is 33.2 Å².